The van der Waals surface area contributed by atoms with Gasteiger partial charge in [-0.3, -0.25) is 28.8 Å². The second-order valence-corrected chi connectivity index (χ2v) is 26.2. The highest BCUT2D eigenvalue weighted by atomic mass is 16.6. The molecule has 4 fully saturated rings. The molecule has 1 aliphatic carbocycles. The number of amides is 9. The highest BCUT2D eigenvalue weighted by molar-refractivity contribution is 5.98. The summed E-state index contributed by atoms with van der Waals surface area (Å²) in [5, 5.41) is 19.6. The molecule has 8 rings (SSSR count). The van der Waals surface area contributed by atoms with Gasteiger partial charge in [0.2, 0.25) is 29.5 Å². The molecule has 3 aromatic carbocycles. The lowest BCUT2D eigenvalue weighted by molar-refractivity contribution is -0.155. The van der Waals surface area contributed by atoms with Crippen LogP contribution < -0.4 is 37.6 Å². The van der Waals surface area contributed by atoms with E-state index in [1.807, 2.05) is 50.3 Å². The van der Waals surface area contributed by atoms with E-state index < -0.39 is 60.3 Å². The number of alkyl carbamates (subject to hydrolysis) is 1. The molecule has 520 valence electrons. The van der Waals surface area contributed by atoms with E-state index >= 15 is 0 Å². The van der Waals surface area contributed by atoms with Crippen molar-refractivity contribution < 1.29 is 71.6 Å². The zero-order valence-electron chi connectivity index (χ0n) is 56.4. The smallest absolute Gasteiger partial charge is 0.429 e. The van der Waals surface area contributed by atoms with Gasteiger partial charge in [-0.05, 0) is 130 Å². The number of epoxide rings is 1. The average molecular weight is 1330 g/mol. The van der Waals surface area contributed by atoms with Crippen LogP contribution in [0, 0.1) is 11.8 Å². The van der Waals surface area contributed by atoms with Gasteiger partial charge < -0.3 is 66.1 Å². The maximum atomic E-state index is 14.1. The van der Waals surface area contributed by atoms with E-state index in [-0.39, 0.29) is 117 Å². The van der Waals surface area contributed by atoms with Crippen LogP contribution >= 0.6 is 0 Å². The predicted molar refractivity (Wildman–Crippen MR) is 359 cm³/mol. The molecular weight excluding hydrogens is 1230 g/mol. The van der Waals surface area contributed by atoms with E-state index in [0.29, 0.717) is 82.3 Å². The molecule has 3 aromatic rings. The number of nitrogens with one attached hydrogen (secondary N) is 6. The summed E-state index contributed by atoms with van der Waals surface area (Å²) in [6, 6.07) is 19.9. The molecule has 5 aliphatic rings. The Labute approximate surface area is 562 Å². The molecule has 0 radical (unpaired) electrons. The summed E-state index contributed by atoms with van der Waals surface area (Å²) in [5.74, 6) is -2.61. The normalized spacial score (nSPS) is 22.5. The molecule has 8 N–H and O–H groups in total. The summed E-state index contributed by atoms with van der Waals surface area (Å²) in [5.41, 5.74) is 11.5. The molecule has 0 bridgehead atoms. The largest absolute Gasteiger partial charge is 0.459 e. The maximum Gasteiger partial charge on any atom is 0.429 e. The number of esters is 1. The highest BCUT2D eigenvalue weighted by Crippen LogP contribution is 2.45. The van der Waals surface area contributed by atoms with Gasteiger partial charge in [-0.1, -0.05) is 112 Å². The lowest BCUT2D eigenvalue weighted by Gasteiger charge is -2.39. The van der Waals surface area contributed by atoms with Crippen molar-refractivity contribution in [1.82, 2.24) is 36.6 Å². The predicted octanol–water partition coefficient (Wildman–Crippen LogP) is 8.68. The van der Waals surface area contributed by atoms with Crippen LogP contribution in [0.2, 0.25) is 0 Å². The lowest BCUT2D eigenvalue weighted by atomic mass is 9.88. The number of benzene rings is 3. The molecule has 24 nitrogen and oxygen atoms in total. The number of carbonyl (C=O) groups excluding carboxylic acids is 9. The number of anilines is 1. The van der Waals surface area contributed by atoms with Gasteiger partial charge in [-0.2, -0.15) is 0 Å². The summed E-state index contributed by atoms with van der Waals surface area (Å²) in [4.78, 5) is 117. The van der Waals surface area contributed by atoms with Crippen molar-refractivity contribution in [2.75, 3.05) is 44.7 Å². The van der Waals surface area contributed by atoms with E-state index in [2.05, 4.69) is 69.2 Å². The van der Waals surface area contributed by atoms with Gasteiger partial charge in [-0.25, -0.2) is 24.4 Å². The van der Waals surface area contributed by atoms with E-state index in [1.165, 1.54) is 23.0 Å². The van der Waals surface area contributed by atoms with Crippen LogP contribution in [0.4, 0.5) is 20.1 Å². The fourth-order valence-corrected chi connectivity index (χ4v) is 12.8. The van der Waals surface area contributed by atoms with Crippen molar-refractivity contribution in [1.29, 1.82) is 0 Å². The summed E-state index contributed by atoms with van der Waals surface area (Å²) in [6.07, 6.45) is 12.7. The number of unbranched alkanes of at least 4 members (excludes halogenated alkanes) is 2. The molecular formula is C72H97N9O15. The van der Waals surface area contributed by atoms with Crippen LogP contribution in [0.5, 0.6) is 0 Å². The van der Waals surface area contributed by atoms with Gasteiger partial charge in [0.1, 0.15) is 31.4 Å². The summed E-state index contributed by atoms with van der Waals surface area (Å²) >= 11 is 0. The van der Waals surface area contributed by atoms with Crippen LogP contribution in [0.3, 0.4) is 0 Å². The number of fused-ring (bicyclic) bond motifs is 3. The van der Waals surface area contributed by atoms with E-state index in [1.54, 1.807) is 51.1 Å². The van der Waals surface area contributed by atoms with Gasteiger partial charge in [-0.15, -0.1) is 0 Å². The number of carbonyl (C=O) groups is 9. The Morgan fingerprint density at radius 3 is 2.14 bits per heavy atom. The number of hydrogen-bond donors (Lipinski definition) is 7. The number of allylic oxidation sites excluding steroid dienone is 2. The Hall–Kier alpha value is -8.61. The number of hydrogen-bond acceptors (Lipinski definition) is 15. The van der Waals surface area contributed by atoms with Gasteiger partial charge in [0.05, 0.1) is 49.1 Å². The first-order valence-corrected chi connectivity index (χ1v) is 33.9. The maximum absolute atomic E-state index is 14.1. The molecule has 1 spiro atoms. The first-order valence-electron chi connectivity index (χ1n) is 33.9. The Bertz CT molecular complexity index is 3250. The van der Waals surface area contributed by atoms with Crippen LogP contribution in [0.1, 0.15) is 155 Å². The van der Waals surface area contributed by atoms with Gasteiger partial charge in [0, 0.05) is 70.0 Å². The first-order chi connectivity index (χ1) is 46.0. The minimum Gasteiger partial charge on any atom is -0.459 e. The monoisotopic (exact) mass is 1330 g/mol. The lowest BCUT2D eigenvalue weighted by Crippen LogP contribution is -2.54. The van der Waals surface area contributed by atoms with E-state index in [4.69, 9.17) is 34.2 Å². The molecule has 10 atom stereocenters. The second-order valence-electron chi connectivity index (χ2n) is 26.2. The molecule has 0 saturated carbocycles. The minimum absolute atomic E-state index is 0.0441. The number of nitrogens with zero attached hydrogens (tertiary/aromatic N) is 2. The Balaban J connectivity index is 0.750. The molecule has 4 saturated heterocycles. The van der Waals surface area contributed by atoms with Crippen molar-refractivity contribution in [3.8, 4) is 11.1 Å². The van der Waals surface area contributed by atoms with Crippen molar-refractivity contribution in [2.24, 2.45) is 17.6 Å². The minimum atomic E-state index is -1.07. The quantitative estimate of drug-likeness (QED) is 0.00820. The molecule has 9 amide bonds. The summed E-state index contributed by atoms with van der Waals surface area (Å²) in [6.45, 7) is 14.5. The average Bonchev–Trinajstić information content (AvgIpc) is 1.62. The number of rotatable bonds is 30. The third-order valence-electron chi connectivity index (χ3n) is 18.1. The second kappa shape index (κ2) is 35.4. The molecule has 96 heavy (non-hydrogen) atoms. The molecule has 1 unspecified atom stereocenters. The van der Waals surface area contributed by atoms with Crippen molar-refractivity contribution in [3.63, 3.8) is 0 Å². The standard InChI is InChI=1S/C72H97N9O15/c1-45(2)66(79-63(83)23-9-8-14-34-75-70(89)91-43-59-57-20-12-10-18-55(57)56-19-11-13-21-58(56)59)68(87)78-60(22-17-35-74-69(73)88)67(86)76-52-29-27-51(28-30-52)42-92-71(90)81-37-16-15-36-80(81)65(85)39-54-41-72(44-93-72)40-53(96-54)31-24-46(3)25-32-62-47(4)38-61(49(6)95-62)77-64(84)33-26-48(5)94-50(7)82/h10-13,18-21,24-31,33,45,47-49,53-54,59-62,66H,8-9,14-17,22-23,32,34-44H2,1-7H3,(H,75,89)(H,76,86)(H,77,84)(H,78,87)(H,79,83)(H3,73,74,88)/b31-24+,33-26-,46-25+/t47-,48-,49+,53?,54+,60-,61+,62-,66-,72+/m0/s1. The Morgan fingerprint density at radius 2 is 1.46 bits per heavy atom. The van der Waals surface area contributed by atoms with Gasteiger partial charge >= 0.3 is 24.2 Å². The fourth-order valence-electron chi connectivity index (χ4n) is 12.8. The third kappa shape index (κ3) is 22.0. The van der Waals surface area contributed by atoms with Gasteiger partial charge in [0.25, 0.3) is 0 Å². The first kappa shape index (κ1) is 73.2. The Morgan fingerprint density at radius 1 is 0.771 bits per heavy atom. The number of hydrazine groups is 1. The molecule has 24 heteroatoms. The number of ether oxygens (including phenoxy) is 6. The molecule has 0 aromatic heterocycles. The topological polar surface area (TPSA) is 317 Å². The fraction of sp³-hybridized carbons (Fsp3) is 0.542. The number of urea groups is 1. The summed E-state index contributed by atoms with van der Waals surface area (Å²) < 4.78 is 35.3. The number of primary amides is 1. The van der Waals surface area contributed by atoms with Crippen molar-refractivity contribution in [2.45, 2.75) is 199 Å². The van der Waals surface area contributed by atoms with Gasteiger partial charge in [0.15, 0.2) is 0 Å². The zero-order chi connectivity index (χ0) is 68.9. The number of nitrogens with two attached hydrogens (primary N) is 1. The van der Waals surface area contributed by atoms with Crippen LogP contribution in [0.15, 0.2) is 109 Å². The van der Waals surface area contributed by atoms with E-state index in [9.17, 15) is 43.2 Å². The SMILES string of the molecule is CC(=O)O[C@@H](C)/C=C\C(=O)N[C@@H]1C[C@H](C)[C@H](C/C=C(C)/C=C/C2C[C@]3(CO3)C[C@@H](CC(=O)N3CCCCN3C(=O)OCc3ccc(NC(=O)[C@H](CCCNC(N)=O)NC(=O)[C@@H](NC(=O)CCCCCNC(=O)OCC4c5ccccc5-c5ccccc54)C(C)C)cc3)O2)O[C@@H]1C. The summed E-state index contributed by atoms with van der Waals surface area (Å²) in [7, 11) is 0. The van der Waals surface area contributed by atoms with Crippen molar-refractivity contribution >= 4 is 59.4 Å². The zero-order valence-corrected chi connectivity index (χ0v) is 56.4. The van der Waals surface area contributed by atoms with Crippen LogP contribution in [-0.2, 0) is 63.8 Å². The van der Waals surface area contributed by atoms with Crippen molar-refractivity contribution in [3.05, 3.63) is 125 Å². The van der Waals surface area contributed by atoms with Crippen LogP contribution in [0.25, 0.3) is 11.1 Å². The Kier molecular flexibility index (Phi) is 27.0. The van der Waals surface area contributed by atoms with Crippen LogP contribution in [-0.4, -0.2) is 157 Å². The third-order valence-corrected chi connectivity index (χ3v) is 18.1. The highest BCUT2D eigenvalue weighted by Gasteiger charge is 2.52. The molecule has 4 aliphatic heterocycles. The molecule has 4 heterocycles. The van der Waals surface area contributed by atoms with E-state index in [0.717, 1.165) is 34.2 Å².